The van der Waals surface area contributed by atoms with Gasteiger partial charge in [-0.05, 0) is 38.5 Å². The van der Waals surface area contributed by atoms with Gasteiger partial charge in [0.25, 0.3) is 0 Å². The first-order valence-corrected chi connectivity index (χ1v) is 7.18. The summed E-state index contributed by atoms with van der Waals surface area (Å²) in [5.41, 5.74) is 0.687. The second-order valence-electron chi connectivity index (χ2n) is 6.07. The lowest BCUT2D eigenvalue weighted by Crippen LogP contribution is -2.42. The zero-order chi connectivity index (χ0) is 14.8. The number of halogens is 1. The summed E-state index contributed by atoms with van der Waals surface area (Å²) in [5, 5.41) is 6.96. The van der Waals surface area contributed by atoms with Crippen molar-refractivity contribution in [2.75, 3.05) is 13.1 Å². The van der Waals surface area contributed by atoms with Gasteiger partial charge >= 0.3 is 6.09 Å². The van der Waals surface area contributed by atoms with Gasteiger partial charge in [0.1, 0.15) is 5.60 Å². The molecular formula is C15H21ClN2O2. The third-order valence-corrected chi connectivity index (χ3v) is 3.47. The molecular weight excluding hydrogens is 276 g/mol. The molecule has 1 aliphatic heterocycles. The van der Waals surface area contributed by atoms with E-state index in [1.165, 1.54) is 5.56 Å². The third-order valence-electron chi connectivity index (χ3n) is 3.21. The van der Waals surface area contributed by atoms with Crippen LogP contribution in [0.15, 0.2) is 24.3 Å². The predicted molar refractivity (Wildman–Crippen MR) is 80.2 cm³/mol. The molecule has 1 fully saturated rings. The van der Waals surface area contributed by atoms with Gasteiger partial charge in [-0.15, -0.1) is 0 Å². The maximum Gasteiger partial charge on any atom is 0.407 e. The zero-order valence-electron chi connectivity index (χ0n) is 12.1. The second kappa shape index (κ2) is 6.02. The Hall–Kier alpha value is -1.26. The van der Waals surface area contributed by atoms with Crippen LogP contribution in [0.1, 0.15) is 32.3 Å². The smallest absolute Gasteiger partial charge is 0.407 e. The minimum Gasteiger partial charge on any atom is -0.444 e. The molecule has 5 heteroatoms. The molecule has 0 aromatic heterocycles. The van der Waals surface area contributed by atoms with Crippen molar-refractivity contribution < 1.29 is 9.53 Å². The highest BCUT2D eigenvalue weighted by molar-refractivity contribution is 6.30. The van der Waals surface area contributed by atoms with Gasteiger partial charge in [0.15, 0.2) is 0 Å². The molecule has 1 heterocycles. The van der Waals surface area contributed by atoms with E-state index in [9.17, 15) is 4.79 Å². The molecule has 0 unspecified atom stereocenters. The van der Waals surface area contributed by atoms with Gasteiger partial charge in [0.05, 0.1) is 6.04 Å². The zero-order valence-corrected chi connectivity index (χ0v) is 12.8. The summed E-state index contributed by atoms with van der Waals surface area (Å²) in [7, 11) is 0. The van der Waals surface area contributed by atoms with Crippen molar-refractivity contribution in [3.05, 3.63) is 34.9 Å². The molecule has 110 valence electrons. The van der Waals surface area contributed by atoms with Crippen LogP contribution in [0.25, 0.3) is 0 Å². The number of rotatable bonds is 2. The van der Waals surface area contributed by atoms with Gasteiger partial charge < -0.3 is 15.4 Å². The van der Waals surface area contributed by atoms with Gasteiger partial charge in [0.2, 0.25) is 0 Å². The highest BCUT2D eigenvalue weighted by Crippen LogP contribution is 2.24. The lowest BCUT2D eigenvalue weighted by Gasteiger charge is -2.24. The van der Waals surface area contributed by atoms with Crippen molar-refractivity contribution in [2.45, 2.75) is 38.3 Å². The van der Waals surface area contributed by atoms with Crippen molar-refractivity contribution in [1.29, 1.82) is 0 Å². The quantitative estimate of drug-likeness (QED) is 0.882. The molecule has 1 saturated heterocycles. The number of benzene rings is 1. The molecule has 20 heavy (non-hydrogen) atoms. The highest BCUT2D eigenvalue weighted by Gasteiger charge is 2.31. The summed E-state index contributed by atoms with van der Waals surface area (Å²) in [6, 6.07) is 7.79. The molecule has 1 aliphatic rings. The maximum atomic E-state index is 11.9. The lowest BCUT2D eigenvalue weighted by atomic mass is 9.94. The number of hydrogen-bond acceptors (Lipinski definition) is 3. The summed E-state index contributed by atoms with van der Waals surface area (Å²) in [6.45, 7) is 7.15. The standard InChI is InChI=1S/C15H21ClN2O2/c1-15(2,3)20-14(19)18-13-9-17-8-12(13)10-4-6-11(16)7-5-10/h4-7,12-13,17H,8-9H2,1-3H3,(H,18,19)/t12-,13-/m1/s1. The van der Waals surface area contributed by atoms with Crippen LogP contribution >= 0.6 is 11.6 Å². The largest absolute Gasteiger partial charge is 0.444 e. The lowest BCUT2D eigenvalue weighted by molar-refractivity contribution is 0.0504. The van der Waals surface area contributed by atoms with Crippen molar-refractivity contribution in [2.24, 2.45) is 0 Å². The molecule has 0 radical (unpaired) electrons. The molecule has 1 aromatic rings. The highest BCUT2D eigenvalue weighted by atomic mass is 35.5. The molecule has 2 atom stereocenters. The minimum absolute atomic E-state index is 0.0334. The summed E-state index contributed by atoms with van der Waals surface area (Å²) >= 11 is 5.91. The van der Waals surface area contributed by atoms with E-state index in [-0.39, 0.29) is 18.1 Å². The van der Waals surface area contributed by atoms with Crippen LogP contribution < -0.4 is 10.6 Å². The Kier molecular flexibility index (Phi) is 4.55. The van der Waals surface area contributed by atoms with Crippen LogP contribution in [0.3, 0.4) is 0 Å². The average molecular weight is 297 g/mol. The topological polar surface area (TPSA) is 50.4 Å². The number of amides is 1. The van der Waals surface area contributed by atoms with Gasteiger partial charge in [-0.25, -0.2) is 4.79 Å². The van der Waals surface area contributed by atoms with E-state index < -0.39 is 5.60 Å². The Morgan fingerprint density at radius 3 is 2.55 bits per heavy atom. The van der Waals surface area contributed by atoms with Gasteiger partial charge in [-0.3, -0.25) is 0 Å². The number of carbonyl (C=O) groups is 1. The van der Waals surface area contributed by atoms with E-state index in [2.05, 4.69) is 10.6 Å². The fourth-order valence-electron chi connectivity index (χ4n) is 2.35. The first kappa shape index (κ1) is 15.1. The molecule has 0 aliphatic carbocycles. The van der Waals surface area contributed by atoms with E-state index in [1.54, 1.807) is 0 Å². The Morgan fingerprint density at radius 2 is 1.95 bits per heavy atom. The van der Waals surface area contributed by atoms with E-state index in [4.69, 9.17) is 16.3 Å². The van der Waals surface area contributed by atoms with Crippen molar-refractivity contribution in [1.82, 2.24) is 10.6 Å². The van der Waals surface area contributed by atoms with Crippen molar-refractivity contribution in [3.63, 3.8) is 0 Å². The summed E-state index contributed by atoms with van der Waals surface area (Å²) in [5.74, 6) is 0.236. The van der Waals surface area contributed by atoms with Crippen LogP contribution in [-0.4, -0.2) is 30.8 Å². The molecule has 2 N–H and O–H groups in total. The van der Waals surface area contributed by atoms with Crippen LogP contribution in [0, 0.1) is 0 Å². The molecule has 1 aromatic carbocycles. The van der Waals surface area contributed by atoms with Crippen LogP contribution in [-0.2, 0) is 4.74 Å². The Morgan fingerprint density at radius 1 is 1.30 bits per heavy atom. The first-order valence-electron chi connectivity index (χ1n) is 6.81. The number of hydrogen-bond donors (Lipinski definition) is 2. The minimum atomic E-state index is -0.480. The molecule has 1 amide bonds. The Bertz CT molecular complexity index is 468. The summed E-state index contributed by atoms with van der Waals surface area (Å²) < 4.78 is 5.30. The molecule has 0 saturated carbocycles. The summed E-state index contributed by atoms with van der Waals surface area (Å²) in [6.07, 6.45) is -0.370. The fraction of sp³-hybridized carbons (Fsp3) is 0.533. The number of alkyl carbamates (subject to hydrolysis) is 1. The van der Waals surface area contributed by atoms with Crippen molar-refractivity contribution >= 4 is 17.7 Å². The molecule has 4 nitrogen and oxygen atoms in total. The Labute approximate surface area is 124 Å². The van der Waals surface area contributed by atoms with Crippen molar-refractivity contribution in [3.8, 4) is 0 Å². The van der Waals surface area contributed by atoms with E-state index in [1.807, 2.05) is 45.0 Å². The van der Waals surface area contributed by atoms with E-state index in [0.29, 0.717) is 0 Å². The SMILES string of the molecule is CC(C)(C)OC(=O)N[C@@H]1CNC[C@@H]1c1ccc(Cl)cc1. The van der Waals surface area contributed by atoms with Crippen LogP contribution in [0.4, 0.5) is 4.79 Å². The molecule has 2 rings (SSSR count). The van der Waals surface area contributed by atoms with Gasteiger partial charge in [-0.2, -0.15) is 0 Å². The maximum absolute atomic E-state index is 11.9. The van der Waals surface area contributed by atoms with Gasteiger partial charge in [0, 0.05) is 24.0 Å². The van der Waals surface area contributed by atoms with Crippen LogP contribution in [0.2, 0.25) is 5.02 Å². The number of ether oxygens (including phenoxy) is 1. The fourth-order valence-corrected chi connectivity index (χ4v) is 2.48. The normalized spacial score (nSPS) is 22.6. The van der Waals surface area contributed by atoms with Gasteiger partial charge in [-0.1, -0.05) is 23.7 Å². The monoisotopic (exact) mass is 296 g/mol. The number of nitrogens with one attached hydrogen (secondary N) is 2. The average Bonchev–Trinajstić information content (AvgIpc) is 2.75. The summed E-state index contributed by atoms with van der Waals surface area (Å²) in [4.78, 5) is 11.9. The van der Waals surface area contributed by atoms with Crippen LogP contribution in [0.5, 0.6) is 0 Å². The third kappa shape index (κ3) is 4.12. The second-order valence-corrected chi connectivity index (χ2v) is 6.51. The number of carbonyl (C=O) groups excluding carboxylic acids is 1. The predicted octanol–water partition coefficient (Wildman–Crippen LogP) is 2.92. The van der Waals surface area contributed by atoms with E-state index in [0.717, 1.165) is 18.1 Å². The van der Waals surface area contributed by atoms with E-state index >= 15 is 0 Å². The first-order chi connectivity index (χ1) is 9.35. The molecule has 0 bridgehead atoms. The molecule has 0 spiro atoms. The Balaban J connectivity index is 2.00.